The molecule has 0 aliphatic heterocycles. The summed E-state index contributed by atoms with van der Waals surface area (Å²) in [5.74, 6) is 0.154. The second-order valence-electron chi connectivity index (χ2n) is 5.51. The van der Waals surface area contributed by atoms with E-state index in [2.05, 4.69) is 29.1 Å². The van der Waals surface area contributed by atoms with E-state index in [1.54, 1.807) is 18.3 Å². The van der Waals surface area contributed by atoms with Gasteiger partial charge in [-0.3, -0.25) is 4.79 Å². The van der Waals surface area contributed by atoms with Crippen molar-refractivity contribution in [3.8, 4) is 11.3 Å². The Morgan fingerprint density at radius 2 is 2.00 bits per heavy atom. The lowest BCUT2D eigenvalue weighted by Gasteiger charge is -2.11. The van der Waals surface area contributed by atoms with Crippen LogP contribution in [0.1, 0.15) is 20.8 Å². The largest absolute Gasteiger partial charge is 0.355 e. The fourth-order valence-corrected chi connectivity index (χ4v) is 2.62. The number of amides is 1. The molecule has 0 radical (unpaired) electrons. The smallest absolute Gasteiger partial charge is 0.233 e. The van der Waals surface area contributed by atoms with Crippen molar-refractivity contribution < 1.29 is 9.18 Å². The van der Waals surface area contributed by atoms with Crippen LogP contribution < -0.4 is 5.32 Å². The van der Waals surface area contributed by atoms with Gasteiger partial charge in [0, 0.05) is 6.54 Å². The topological polar surface area (TPSA) is 57.8 Å². The van der Waals surface area contributed by atoms with Gasteiger partial charge in [-0.05, 0) is 42.7 Å². The van der Waals surface area contributed by atoms with Gasteiger partial charge in [0.1, 0.15) is 5.82 Å². The minimum atomic E-state index is -0.270. The van der Waals surface area contributed by atoms with Crippen LogP contribution in [0, 0.1) is 11.7 Å². The highest BCUT2D eigenvalue weighted by Gasteiger charge is 2.16. The molecule has 2 aromatic rings. The summed E-state index contributed by atoms with van der Waals surface area (Å²) in [6, 6.07) is 6.20. The maximum Gasteiger partial charge on any atom is 0.233 e. The first-order valence-corrected chi connectivity index (χ1v) is 8.09. The highest BCUT2D eigenvalue weighted by molar-refractivity contribution is 8.00. The number of benzene rings is 1. The Labute approximate surface area is 133 Å². The first-order valence-electron chi connectivity index (χ1n) is 7.21. The molecule has 1 atom stereocenters. The van der Waals surface area contributed by atoms with Gasteiger partial charge in [0.15, 0.2) is 5.16 Å². The van der Waals surface area contributed by atoms with E-state index in [9.17, 15) is 9.18 Å². The molecule has 1 heterocycles. The van der Waals surface area contributed by atoms with Crippen molar-refractivity contribution in [3.63, 3.8) is 0 Å². The third kappa shape index (κ3) is 4.59. The van der Waals surface area contributed by atoms with Crippen LogP contribution >= 0.6 is 11.8 Å². The zero-order valence-electron chi connectivity index (χ0n) is 12.9. The Hall–Kier alpha value is -1.82. The Balaban J connectivity index is 1.96. The fourth-order valence-electron chi connectivity index (χ4n) is 1.81. The van der Waals surface area contributed by atoms with Crippen LogP contribution in [0.4, 0.5) is 4.39 Å². The lowest BCUT2D eigenvalue weighted by molar-refractivity contribution is -0.120. The maximum absolute atomic E-state index is 12.9. The van der Waals surface area contributed by atoms with Gasteiger partial charge in [0.2, 0.25) is 5.91 Å². The van der Waals surface area contributed by atoms with Crippen molar-refractivity contribution in [2.75, 3.05) is 6.54 Å². The molecule has 0 saturated carbocycles. The van der Waals surface area contributed by atoms with E-state index < -0.39 is 0 Å². The molecular weight excluding hydrogens is 301 g/mol. The van der Waals surface area contributed by atoms with E-state index in [1.165, 1.54) is 23.9 Å². The van der Waals surface area contributed by atoms with Gasteiger partial charge in [-0.2, -0.15) is 0 Å². The monoisotopic (exact) mass is 321 g/mol. The number of hydrogen-bond donors (Lipinski definition) is 2. The zero-order chi connectivity index (χ0) is 16.1. The molecule has 0 aliphatic rings. The number of aromatic amines is 1. The molecule has 2 N–H and O–H groups in total. The number of aromatic nitrogens is 2. The molecule has 118 valence electrons. The van der Waals surface area contributed by atoms with Crippen LogP contribution in [-0.2, 0) is 4.79 Å². The van der Waals surface area contributed by atoms with Gasteiger partial charge in [-0.1, -0.05) is 25.6 Å². The molecule has 6 heteroatoms. The van der Waals surface area contributed by atoms with Crippen molar-refractivity contribution in [2.45, 2.75) is 31.2 Å². The highest BCUT2D eigenvalue weighted by atomic mass is 32.2. The second-order valence-corrected chi connectivity index (χ2v) is 6.84. The number of imidazole rings is 1. The Kier molecular flexibility index (Phi) is 5.60. The van der Waals surface area contributed by atoms with E-state index in [0.29, 0.717) is 17.6 Å². The first-order chi connectivity index (χ1) is 10.5. The zero-order valence-corrected chi connectivity index (χ0v) is 13.7. The number of H-pyrrole nitrogens is 1. The van der Waals surface area contributed by atoms with Crippen molar-refractivity contribution in [3.05, 3.63) is 36.3 Å². The Morgan fingerprint density at radius 1 is 1.32 bits per heavy atom. The highest BCUT2D eigenvalue weighted by Crippen LogP contribution is 2.24. The summed E-state index contributed by atoms with van der Waals surface area (Å²) >= 11 is 1.37. The SMILES string of the molecule is CC(C)CNC(=O)C(C)Sc1ncc(-c2ccc(F)cc2)[nH]1. The molecule has 4 nitrogen and oxygen atoms in total. The lowest BCUT2D eigenvalue weighted by atomic mass is 10.2. The normalized spacial score (nSPS) is 12.4. The number of carbonyl (C=O) groups excluding carboxylic acids is 1. The molecule has 1 unspecified atom stereocenters. The third-order valence-corrected chi connectivity index (χ3v) is 4.05. The van der Waals surface area contributed by atoms with Crippen LogP contribution in [-0.4, -0.2) is 27.7 Å². The summed E-state index contributed by atoms with van der Waals surface area (Å²) < 4.78 is 12.9. The van der Waals surface area contributed by atoms with E-state index in [4.69, 9.17) is 0 Å². The van der Waals surface area contributed by atoms with Crippen molar-refractivity contribution in [1.82, 2.24) is 15.3 Å². The summed E-state index contributed by atoms with van der Waals surface area (Å²) in [4.78, 5) is 19.4. The van der Waals surface area contributed by atoms with Gasteiger partial charge in [0.05, 0.1) is 17.1 Å². The summed E-state index contributed by atoms with van der Waals surface area (Å²) in [5, 5.41) is 3.35. The minimum absolute atomic E-state index is 0.00145. The predicted molar refractivity (Wildman–Crippen MR) is 87.1 cm³/mol. The summed E-state index contributed by atoms with van der Waals surface area (Å²) in [6.07, 6.45) is 1.69. The Morgan fingerprint density at radius 3 is 2.64 bits per heavy atom. The molecule has 2 rings (SSSR count). The summed E-state index contributed by atoms with van der Waals surface area (Å²) in [5.41, 5.74) is 1.66. The fraction of sp³-hybridized carbons (Fsp3) is 0.375. The minimum Gasteiger partial charge on any atom is -0.355 e. The van der Waals surface area contributed by atoms with Gasteiger partial charge < -0.3 is 10.3 Å². The number of thioether (sulfide) groups is 1. The molecule has 22 heavy (non-hydrogen) atoms. The van der Waals surface area contributed by atoms with Crippen LogP contribution in [0.5, 0.6) is 0 Å². The standard InChI is InChI=1S/C16H20FN3OS/c1-10(2)8-18-15(21)11(3)22-16-19-9-14(20-16)12-4-6-13(17)7-5-12/h4-7,9-11H,8H2,1-3H3,(H,18,21)(H,19,20). The molecule has 0 fully saturated rings. The number of carbonyl (C=O) groups is 1. The van der Waals surface area contributed by atoms with Crippen LogP contribution in [0.3, 0.4) is 0 Å². The maximum atomic E-state index is 12.9. The van der Waals surface area contributed by atoms with Gasteiger partial charge >= 0.3 is 0 Å². The molecule has 0 spiro atoms. The second kappa shape index (κ2) is 7.45. The van der Waals surface area contributed by atoms with E-state index in [0.717, 1.165) is 11.3 Å². The average molecular weight is 321 g/mol. The van der Waals surface area contributed by atoms with E-state index in [1.807, 2.05) is 6.92 Å². The number of halogens is 1. The van der Waals surface area contributed by atoms with Crippen LogP contribution in [0.25, 0.3) is 11.3 Å². The molecule has 1 amide bonds. The van der Waals surface area contributed by atoms with Gasteiger partial charge in [-0.25, -0.2) is 9.37 Å². The van der Waals surface area contributed by atoms with Crippen molar-refractivity contribution in [2.24, 2.45) is 5.92 Å². The summed E-state index contributed by atoms with van der Waals surface area (Å²) in [6.45, 7) is 6.63. The number of nitrogens with one attached hydrogen (secondary N) is 2. The van der Waals surface area contributed by atoms with E-state index >= 15 is 0 Å². The number of nitrogens with zero attached hydrogens (tertiary/aromatic N) is 1. The molecule has 0 bridgehead atoms. The van der Waals surface area contributed by atoms with Crippen LogP contribution in [0.15, 0.2) is 35.6 Å². The molecule has 1 aromatic carbocycles. The van der Waals surface area contributed by atoms with Crippen LogP contribution in [0.2, 0.25) is 0 Å². The van der Waals surface area contributed by atoms with Gasteiger partial charge in [0.25, 0.3) is 0 Å². The number of hydrogen-bond acceptors (Lipinski definition) is 3. The lowest BCUT2D eigenvalue weighted by Crippen LogP contribution is -2.33. The molecule has 1 aromatic heterocycles. The number of rotatable bonds is 6. The molecule has 0 aliphatic carbocycles. The first kappa shape index (κ1) is 16.5. The quantitative estimate of drug-likeness (QED) is 0.801. The Bertz CT molecular complexity index is 625. The molecule has 0 saturated heterocycles. The molecular formula is C16H20FN3OS. The third-order valence-electron chi connectivity index (χ3n) is 3.05. The summed E-state index contributed by atoms with van der Waals surface area (Å²) in [7, 11) is 0. The average Bonchev–Trinajstić information content (AvgIpc) is 2.93. The predicted octanol–water partition coefficient (Wildman–Crippen LogP) is 3.47. The van der Waals surface area contributed by atoms with Crippen molar-refractivity contribution >= 4 is 17.7 Å². The van der Waals surface area contributed by atoms with Crippen molar-refractivity contribution in [1.29, 1.82) is 0 Å². The van der Waals surface area contributed by atoms with Gasteiger partial charge in [-0.15, -0.1) is 0 Å². The van der Waals surface area contributed by atoms with E-state index in [-0.39, 0.29) is 17.0 Å².